The van der Waals surface area contributed by atoms with Crippen LogP contribution in [0.4, 0.5) is 0 Å². The van der Waals surface area contributed by atoms with Crippen molar-refractivity contribution in [1.82, 2.24) is 5.32 Å². The zero-order valence-corrected chi connectivity index (χ0v) is 52.0. The molecule has 0 saturated carbocycles. The van der Waals surface area contributed by atoms with Crippen LogP contribution in [0.5, 0.6) is 0 Å². The van der Waals surface area contributed by atoms with Crippen molar-refractivity contribution in [2.24, 2.45) is 0 Å². The summed E-state index contributed by atoms with van der Waals surface area (Å²) in [6.07, 6.45) is 73.2. The van der Waals surface area contributed by atoms with E-state index in [2.05, 4.69) is 148 Å². The van der Waals surface area contributed by atoms with Crippen molar-refractivity contribution in [3.8, 4) is 0 Å². The Morgan fingerprint density at radius 1 is 0.482 bits per heavy atom. The van der Waals surface area contributed by atoms with Crippen LogP contribution in [0, 0.1) is 0 Å². The molecule has 0 aromatic carbocycles. The molecule has 470 valence electrons. The van der Waals surface area contributed by atoms with E-state index in [1.807, 2.05) is 18.2 Å². The summed E-state index contributed by atoms with van der Waals surface area (Å²) in [6, 6.07) is -1.05. The molecule has 1 saturated heterocycles. The molecule has 1 heterocycles. The van der Waals surface area contributed by atoms with Crippen LogP contribution in [-0.4, -0.2) is 99.6 Å². The zero-order valence-electron chi connectivity index (χ0n) is 52.0. The molecule has 0 aliphatic carbocycles. The largest absolute Gasteiger partial charge is 0.454 e. The molecule has 0 radical (unpaired) electrons. The molecular formula is C72H117NO10. The zero-order chi connectivity index (χ0) is 60.3. The summed E-state index contributed by atoms with van der Waals surface area (Å²) >= 11 is 0. The van der Waals surface area contributed by atoms with Crippen LogP contribution in [0.1, 0.15) is 233 Å². The van der Waals surface area contributed by atoms with Crippen molar-refractivity contribution >= 4 is 11.9 Å². The van der Waals surface area contributed by atoms with Crippen molar-refractivity contribution in [2.75, 3.05) is 13.2 Å². The predicted molar refractivity (Wildman–Crippen MR) is 347 cm³/mol. The van der Waals surface area contributed by atoms with E-state index in [-0.39, 0.29) is 19.4 Å². The SMILES string of the molecule is CC/C=C\C/C=C\C/C=C\C/C=C\C/C=C\C/C=C\CCC(=O)OC1C(OCC(NC(=O)C(O)CCCCCCCCCC/C=C\C/C=C\C/C=C\C/C=C\C/C=C\CC)C(O)/C=C/CCCCCCCCCCC)OC(CO)C(O)C1O. The first-order chi connectivity index (χ1) is 40.7. The van der Waals surface area contributed by atoms with Gasteiger partial charge in [-0.2, -0.15) is 0 Å². The first kappa shape index (κ1) is 76.6. The van der Waals surface area contributed by atoms with Crippen molar-refractivity contribution in [3.63, 3.8) is 0 Å². The molecule has 0 bridgehead atoms. The number of esters is 1. The lowest BCUT2D eigenvalue weighted by Gasteiger charge is -2.41. The van der Waals surface area contributed by atoms with E-state index in [0.29, 0.717) is 19.3 Å². The lowest BCUT2D eigenvalue weighted by molar-refractivity contribution is -0.305. The number of hydrogen-bond donors (Lipinski definition) is 6. The van der Waals surface area contributed by atoms with Crippen LogP contribution in [-0.2, 0) is 23.8 Å². The summed E-state index contributed by atoms with van der Waals surface area (Å²) < 4.78 is 17.5. The predicted octanol–water partition coefficient (Wildman–Crippen LogP) is 16.2. The maximum absolute atomic E-state index is 13.5. The second-order valence-corrected chi connectivity index (χ2v) is 21.7. The fraction of sp³-hybridized carbons (Fsp3) is 0.639. The Balaban J connectivity index is 2.67. The molecule has 8 atom stereocenters. The number of aliphatic hydroxyl groups is 5. The number of unbranched alkanes of at least 4 members (excludes halogenated alkanes) is 17. The highest BCUT2D eigenvalue weighted by atomic mass is 16.7. The van der Waals surface area contributed by atoms with Crippen LogP contribution in [0.3, 0.4) is 0 Å². The van der Waals surface area contributed by atoms with Crippen molar-refractivity contribution < 1.29 is 49.3 Å². The Labute approximate surface area is 505 Å². The topological polar surface area (TPSA) is 175 Å². The maximum Gasteiger partial charge on any atom is 0.306 e. The van der Waals surface area contributed by atoms with Crippen LogP contribution >= 0.6 is 0 Å². The number of nitrogens with one attached hydrogen (secondary N) is 1. The molecule has 11 heteroatoms. The Kier molecular flexibility index (Phi) is 53.4. The normalized spacial score (nSPS) is 19.5. The van der Waals surface area contributed by atoms with Crippen molar-refractivity contribution in [3.05, 3.63) is 146 Å². The average Bonchev–Trinajstić information content (AvgIpc) is 3.69. The fourth-order valence-electron chi connectivity index (χ4n) is 9.17. The van der Waals surface area contributed by atoms with Crippen LogP contribution in [0.25, 0.3) is 0 Å². The lowest BCUT2D eigenvalue weighted by Crippen LogP contribution is -2.61. The Morgan fingerprint density at radius 2 is 0.867 bits per heavy atom. The standard InChI is InChI=1S/C72H117NO10/c1-4-7-10-13-16-19-22-24-26-28-30-31-32-33-34-36-37-39-41-44-47-50-53-56-59-65(76)71(80)73-63(64(75)58-55-52-49-46-43-21-18-15-12-9-6-3)62-81-72-70(69(79)68(78)66(61-74)82-72)83-67(77)60-57-54-51-48-45-42-40-38-35-29-27-25-23-20-17-14-11-8-5-2/h7-8,10-11,16-17,19-20,24-27,30-31,33-35,38,42,45,51,54-55,58,63-66,68-70,72,74-76,78-79H,4-6,9,12-15,18,21-23,28-29,32,36-37,39-41,43-44,46-50,52-53,56-57,59-62H2,1-3H3,(H,73,80)/b10-7-,11-8-,19-16-,20-17-,26-24-,27-25-,31-30-,34-33-,38-35-,45-42-,54-51-,58-55+. The summed E-state index contributed by atoms with van der Waals surface area (Å²) in [6.45, 7) is 5.50. The van der Waals surface area contributed by atoms with Crippen LogP contribution < -0.4 is 5.32 Å². The van der Waals surface area contributed by atoms with Gasteiger partial charge in [0.05, 0.1) is 25.4 Å². The molecule has 0 aromatic heterocycles. The fourth-order valence-corrected chi connectivity index (χ4v) is 9.17. The molecular weight excluding hydrogens is 1040 g/mol. The highest BCUT2D eigenvalue weighted by Gasteiger charge is 2.47. The molecule has 83 heavy (non-hydrogen) atoms. The number of hydrogen-bond acceptors (Lipinski definition) is 10. The Morgan fingerprint density at radius 3 is 1.30 bits per heavy atom. The monoisotopic (exact) mass is 1160 g/mol. The number of amides is 1. The Hall–Kier alpha value is -4.46. The smallest absolute Gasteiger partial charge is 0.306 e. The molecule has 1 aliphatic heterocycles. The van der Waals surface area contributed by atoms with E-state index in [1.165, 1.54) is 57.8 Å². The van der Waals surface area contributed by atoms with Crippen molar-refractivity contribution in [2.45, 2.75) is 282 Å². The first-order valence-electron chi connectivity index (χ1n) is 32.6. The number of aliphatic hydroxyl groups excluding tert-OH is 5. The third-order valence-electron chi connectivity index (χ3n) is 14.2. The summed E-state index contributed by atoms with van der Waals surface area (Å²) in [7, 11) is 0. The molecule has 0 aromatic rings. The highest BCUT2D eigenvalue weighted by Crippen LogP contribution is 2.26. The number of ether oxygens (including phenoxy) is 3. The van der Waals surface area contributed by atoms with Gasteiger partial charge in [-0.25, -0.2) is 0 Å². The van der Waals surface area contributed by atoms with Crippen LogP contribution in [0.15, 0.2) is 146 Å². The molecule has 1 aliphatic rings. The third-order valence-corrected chi connectivity index (χ3v) is 14.2. The highest BCUT2D eigenvalue weighted by molar-refractivity contribution is 5.80. The minimum absolute atomic E-state index is 0.0103. The van der Waals surface area contributed by atoms with Crippen molar-refractivity contribution in [1.29, 1.82) is 0 Å². The molecule has 1 rings (SSSR count). The number of rotatable bonds is 53. The lowest BCUT2D eigenvalue weighted by atomic mass is 9.99. The first-order valence-corrected chi connectivity index (χ1v) is 32.6. The second kappa shape index (κ2) is 57.9. The van der Waals surface area contributed by atoms with Gasteiger partial charge in [-0.3, -0.25) is 9.59 Å². The van der Waals surface area contributed by atoms with E-state index >= 15 is 0 Å². The van der Waals surface area contributed by atoms with Gasteiger partial charge in [0, 0.05) is 6.42 Å². The molecule has 0 spiro atoms. The second-order valence-electron chi connectivity index (χ2n) is 21.7. The van der Waals surface area contributed by atoms with E-state index < -0.39 is 67.4 Å². The van der Waals surface area contributed by atoms with Gasteiger partial charge in [-0.1, -0.05) is 263 Å². The van der Waals surface area contributed by atoms with Gasteiger partial charge in [-0.05, 0) is 109 Å². The van der Waals surface area contributed by atoms with E-state index in [1.54, 1.807) is 6.08 Å². The van der Waals surface area contributed by atoms with Gasteiger partial charge in [0.1, 0.15) is 24.4 Å². The van der Waals surface area contributed by atoms with Crippen LogP contribution in [0.2, 0.25) is 0 Å². The molecule has 1 fully saturated rings. The van der Waals surface area contributed by atoms with E-state index in [9.17, 15) is 35.1 Å². The Bertz CT molecular complexity index is 1910. The van der Waals surface area contributed by atoms with Gasteiger partial charge in [0.2, 0.25) is 5.91 Å². The number of carbonyl (C=O) groups is 2. The molecule has 6 N–H and O–H groups in total. The number of carbonyl (C=O) groups excluding carboxylic acids is 2. The molecule has 8 unspecified atom stereocenters. The van der Waals surface area contributed by atoms with Gasteiger partial charge in [-0.15, -0.1) is 0 Å². The maximum atomic E-state index is 13.5. The van der Waals surface area contributed by atoms with E-state index in [4.69, 9.17) is 14.2 Å². The van der Waals surface area contributed by atoms with Gasteiger partial charge in [0.25, 0.3) is 0 Å². The third kappa shape index (κ3) is 45.6. The molecule has 1 amide bonds. The average molecular weight is 1160 g/mol. The minimum Gasteiger partial charge on any atom is -0.454 e. The molecule has 11 nitrogen and oxygen atoms in total. The van der Waals surface area contributed by atoms with Gasteiger partial charge in [0.15, 0.2) is 12.4 Å². The summed E-state index contributed by atoms with van der Waals surface area (Å²) in [5.41, 5.74) is 0. The summed E-state index contributed by atoms with van der Waals surface area (Å²) in [5.74, 6) is -1.30. The summed E-state index contributed by atoms with van der Waals surface area (Å²) in [5, 5.41) is 57.0. The quantitative estimate of drug-likeness (QED) is 0.0195. The number of allylic oxidation sites excluding steroid dienone is 23. The minimum atomic E-state index is -1.66. The summed E-state index contributed by atoms with van der Waals surface area (Å²) in [4.78, 5) is 26.6. The van der Waals surface area contributed by atoms with E-state index in [0.717, 1.165) is 122 Å². The van der Waals surface area contributed by atoms with Gasteiger partial charge < -0.3 is 45.1 Å². The van der Waals surface area contributed by atoms with Gasteiger partial charge >= 0.3 is 5.97 Å².